The van der Waals surface area contributed by atoms with Crippen LogP contribution in [0.5, 0.6) is 0 Å². The highest BCUT2D eigenvalue weighted by molar-refractivity contribution is 5.83. The van der Waals surface area contributed by atoms with E-state index in [4.69, 9.17) is 4.74 Å². The Morgan fingerprint density at radius 2 is 2.26 bits per heavy atom. The third-order valence-electron chi connectivity index (χ3n) is 4.79. The van der Waals surface area contributed by atoms with E-state index in [0.717, 1.165) is 39.0 Å². The first-order valence-electron chi connectivity index (χ1n) is 8.59. The van der Waals surface area contributed by atoms with Gasteiger partial charge in [0.05, 0.1) is 6.61 Å². The van der Waals surface area contributed by atoms with Crippen LogP contribution in [0.3, 0.4) is 0 Å². The SMILES string of the molecule is COCC1CCCN(C(=O)CCCc2c[nH]c3ccccc23)C1. The fourth-order valence-corrected chi connectivity index (χ4v) is 3.59. The molecule has 1 aromatic heterocycles. The zero-order valence-corrected chi connectivity index (χ0v) is 13.9. The Bertz CT molecular complexity index is 648. The molecule has 0 aliphatic carbocycles. The van der Waals surface area contributed by atoms with E-state index < -0.39 is 0 Å². The van der Waals surface area contributed by atoms with Crippen molar-refractivity contribution in [3.05, 3.63) is 36.0 Å². The van der Waals surface area contributed by atoms with Gasteiger partial charge in [0.2, 0.25) is 5.91 Å². The number of methoxy groups -OCH3 is 1. The van der Waals surface area contributed by atoms with Crippen LogP contribution in [0, 0.1) is 5.92 Å². The van der Waals surface area contributed by atoms with Gasteiger partial charge in [-0.25, -0.2) is 0 Å². The number of rotatable bonds is 6. The minimum absolute atomic E-state index is 0.297. The van der Waals surface area contributed by atoms with Gasteiger partial charge in [-0.1, -0.05) is 18.2 Å². The Morgan fingerprint density at radius 3 is 3.13 bits per heavy atom. The highest BCUT2D eigenvalue weighted by atomic mass is 16.5. The maximum Gasteiger partial charge on any atom is 0.222 e. The summed E-state index contributed by atoms with van der Waals surface area (Å²) in [4.78, 5) is 17.7. The number of amides is 1. The smallest absolute Gasteiger partial charge is 0.222 e. The normalized spacial score (nSPS) is 18.5. The fraction of sp³-hybridized carbons (Fsp3) is 0.526. The number of ether oxygens (including phenoxy) is 1. The highest BCUT2D eigenvalue weighted by Crippen LogP contribution is 2.21. The Morgan fingerprint density at radius 1 is 1.39 bits per heavy atom. The van der Waals surface area contributed by atoms with Crippen LogP contribution in [0.4, 0.5) is 0 Å². The molecule has 1 aliphatic heterocycles. The lowest BCUT2D eigenvalue weighted by molar-refractivity contribution is -0.133. The summed E-state index contributed by atoms with van der Waals surface area (Å²) >= 11 is 0. The summed E-state index contributed by atoms with van der Waals surface area (Å²) in [6, 6.07) is 8.34. The van der Waals surface area contributed by atoms with Gasteiger partial charge in [0.1, 0.15) is 0 Å². The number of para-hydroxylation sites is 1. The summed E-state index contributed by atoms with van der Waals surface area (Å²) in [5, 5.41) is 1.28. The molecule has 3 rings (SSSR count). The second kappa shape index (κ2) is 7.64. The summed E-state index contributed by atoms with van der Waals surface area (Å²) in [6.45, 7) is 2.53. The average molecular weight is 314 g/mol. The molecule has 1 N–H and O–H groups in total. The Balaban J connectivity index is 1.49. The van der Waals surface area contributed by atoms with E-state index in [1.54, 1.807) is 7.11 Å². The predicted molar refractivity (Wildman–Crippen MR) is 92.4 cm³/mol. The Labute approximate surface area is 137 Å². The number of likely N-dealkylation sites (tertiary alicyclic amines) is 1. The van der Waals surface area contributed by atoms with E-state index in [-0.39, 0.29) is 0 Å². The van der Waals surface area contributed by atoms with Gasteiger partial charge < -0.3 is 14.6 Å². The van der Waals surface area contributed by atoms with Crippen molar-refractivity contribution in [2.45, 2.75) is 32.1 Å². The summed E-state index contributed by atoms with van der Waals surface area (Å²) in [5.74, 6) is 0.803. The number of H-pyrrole nitrogens is 1. The number of benzene rings is 1. The number of carbonyl (C=O) groups excluding carboxylic acids is 1. The maximum absolute atomic E-state index is 12.4. The Hall–Kier alpha value is -1.81. The van der Waals surface area contributed by atoms with E-state index in [2.05, 4.69) is 29.4 Å². The van der Waals surface area contributed by atoms with Crippen LogP contribution < -0.4 is 0 Å². The highest BCUT2D eigenvalue weighted by Gasteiger charge is 2.23. The predicted octanol–water partition coefficient (Wildman–Crippen LogP) is 3.38. The third kappa shape index (κ3) is 3.94. The Kier molecular flexibility index (Phi) is 5.34. The van der Waals surface area contributed by atoms with Gasteiger partial charge in [-0.15, -0.1) is 0 Å². The largest absolute Gasteiger partial charge is 0.384 e. The number of aromatic amines is 1. The molecule has 1 atom stereocenters. The number of piperidine rings is 1. The monoisotopic (exact) mass is 314 g/mol. The second-order valence-electron chi connectivity index (χ2n) is 6.52. The molecular weight excluding hydrogens is 288 g/mol. The van der Waals surface area contributed by atoms with E-state index in [1.165, 1.54) is 22.9 Å². The molecule has 4 heteroatoms. The van der Waals surface area contributed by atoms with Gasteiger partial charge in [0, 0.05) is 43.7 Å². The third-order valence-corrected chi connectivity index (χ3v) is 4.79. The van der Waals surface area contributed by atoms with Gasteiger partial charge in [0.15, 0.2) is 0 Å². The van der Waals surface area contributed by atoms with Gasteiger partial charge in [-0.3, -0.25) is 4.79 Å². The standard InChI is InChI=1S/C19H26N2O2/c1-23-14-15-6-5-11-21(13-15)19(22)10-4-7-16-12-20-18-9-3-2-8-17(16)18/h2-3,8-9,12,15,20H,4-7,10-11,13-14H2,1H3. The molecule has 1 aliphatic rings. The number of nitrogens with one attached hydrogen (secondary N) is 1. The summed E-state index contributed by atoms with van der Waals surface area (Å²) in [7, 11) is 1.74. The van der Waals surface area contributed by atoms with Crippen molar-refractivity contribution < 1.29 is 9.53 Å². The molecule has 1 amide bonds. The minimum atomic E-state index is 0.297. The molecule has 1 aromatic carbocycles. The van der Waals surface area contributed by atoms with Crippen LogP contribution >= 0.6 is 0 Å². The van der Waals surface area contributed by atoms with E-state index in [1.807, 2.05) is 11.0 Å². The van der Waals surface area contributed by atoms with Crippen LogP contribution in [-0.2, 0) is 16.0 Å². The van der Waals surface area contributed by atoms with Gasteiger partial charge in [-0.05, 0) is 43.2 Å². The lowest BCUT2D eigenvalue weighted by atomic mass is 9.98. The molecular formula is C19H26N2O2. The number of hydrogen-bond acceptors (Lipinski definition) is 2. The van der Waals surface area contributed by atoms with Gasteiger partial charge in [0.25, 0.3) is 0 Å². The van der Waals surface area contributed by atoms with Crippen molar-refractivity contribution in [2.75, 3.05) is 26.8 Å². The molecule has 0 spiro atoms. The molecule has 4 nitrogen and oxygen atoms in total. The zero-order valence-electron chi connectivity index (χ0n) is 13.9. The van der Waals surface area contributed by atoms with Crippen LogP contribution in [-0.4, -0.2) is 42.6 Å². The first kappa shape index (κ1) is 16.1. The molecule has 1 saturated heterocycles. The van der Waals surface area contributed by atoms with Crippen LogP contribution in [0.1, 0.15) is 31.2 Å². The number of aromatic nitrogens is 1. The number of aryl methyl sites for hydroxylation is 1. The molecule has 1 unspecified atom stereocenters. The molecule has 0 radical (unpaired) electrons. The molecule has 23 heavy (non-hydrogen) atoms. The molecule has 0 saturated carbocycles. The van der Waals surface area contributed by atoms with Gasteiger partial charge >= 0.3 is 0 Å². The lowest BCUT2D eigenvalue weighted by Gasteiger charge is -2.32. The van der Waals surface area contributed by atoms with Crippen LogP contribution in [0.25, 0.3) is 10.9 Å². The summed E-state index contributed by atoms with van der Waals surface area (Å²) in [5.41, 5.74) is 2.48. The van der Waals surface area contributed by atoms with Crippen molar-refractivity contribution >= 4 is 16.8 Å². The average Bonchev–Trinajstić information content (AvgIpc) is 2.99. The number of nitrogens with zero attached hydrogens (tertiary/aromatic N) is 1. The molecule has 0 bridgehead atoms. The molecule has 2 aromatic rings. The van der Waals surface area contributed by atoms with Crippen LogP contribution in [0.15, 0.2) is 30.5 Å². The zero-order chi connectivity index (χ0) is 16.1. The molecule has 124 valence electrons. The van der Waals surface area contributed by atoms with E-state index >= 15 is 0 Å². The molecule has 2 heterocycles. The number of carbonyl (C=O) groups is 1. The summed E-state index contributed by atoms with van der Waals surface area (Å²) < 4.78 is 5.24. The first-order valence-corrected chi connectivity index (χ1v) is 8.59. The summed E-state index contributed by atoms with van der Waals surface area (Å²) in [6.07, 6.45) is 6.84. The van der Waals surface area contributed by atoms with E-state index in [0.29, 0.717) is 18.2 Å². The number of fused-ring (bicyclic) bond motifs is 1. The lowest BCUT2D eigenvalue weighted by Crippen LogP contribution is -2.41. The van der Waals surface area contributed by atoms with Crippen molar-refractivity contribution in [3.63, 3.8) is 0 Å². The maximum atomic E-state index is 12.4. The van der Waals surface area contributed by atoms with Gasteiger partial charge in [-0.2, -0.15) is 0 Å². The fourth-order valence-electron chi connectivity index (χ4n) is 3.59. The first-order chi connectivity index (χ1) is 11.3. The van der Waals surface area contributed by atoms with Crippen molar-refractivity contribution in [1.82, 2.24) is 9.88 Å². The van der Waals surface area contributed by atoms with Crippen molar-refractivity contribution in [3.8, 4) is 0 Å². The van der Waals surface area contributed by atoms with Crippen molar-refractivity contribution in [1.29, 1.82) is 0 Å². The quantitative estimate of drug-likeness (QED) is 0.888. The van der Waals surface area contributed by atoms with Crippen molar-refractivity contribution in [2.24, 2.45) is 5.92 Å². The molecule has 1 fully saturated rings. The topological polar surface area (TPSA) is 45.3 Å². The van der Waals surface area contributed by atoms with E-state index in [9.17, 15) is 4.79 Å². The minimum Gasteiger partial charge on any atom is -0.384 e. The second-order valence-corrected chi connectivity index (χ2v) is 6.52. The van der Waals surface area contributed by atoms with Crippen LogP contribution in [0.2, 0.25) is 0 Å². The number of hydrogen-bond donors (Lipinski definition) is 1.